The van der Waals surface area contributed by atoms with E-state index in [2.05, 4.69) is 75.9 Å². The number of thioether (sulfide) groups is 1. The first-order valence-electron chi connectivity index (χ1n) is 14.1. The molecule has 2 heterocycles. The van der Waals surface area contributed by atoms with Crippen molar-refractivity contribution in [3.63, 3.8) is 0 Å². The summed E-state index contributed by atoms with van der Waals surface area (Å²) in [6.07, 6.45) is -2.39. The summed E-state index contributed by atoms with van der Waals surface area (Å²) in [6.45, 7) is 8.29. The van der Waals surface area contributed by atoms with E-state index in [1.165, 1.54) is 52.6 Å². The van der Waals surface area contributed by atoms with Crippen LogP contribution in [0, 0.1) is 32.1 Å². The summed E-state index contributed by atoms with van der Waals surface area (Å²) in [5.74, 6) is 0.859. The van der Waals surface area contributed by atoms with Crippen LogP contribution < -0.4 is 15.0 Å². The molecule has 0 bridgehead atoms. The number of carbonyl (C=O) groups excluding carboxylic acids is 1. The van der Waals surface area contributed by atoms with Crippen molar-refractivity contribution in [3.05, 3.63) is 89.2 Å². The average molecular weight is 634 g/mol. The van der Waals surface area contributed by atoms with Crippen LogP contribution in [-0.4, -0.2) is 44.1 Å². The Balaban J connectivity index is 1.29. The number of ether oxygens (including phenoxy) is 1. The first kappa shape index (κ1) is 31.6. The monoisotopic (exact) mass is 633 g/mol. The quantitative estimate of drug-likeness (QED) is 0.235. The predicted molar refractivity (Wildman–Crippen MR) is 167 cm³/mol. The molecule has 232 valence electrons. The van der Waals surface area contributed by atoms with Crippen molar-refractivity contribution in [1.29, 1.82) is 5.26 Å². The van der Waals surface area contributed by atoms with Gasteiger partial charge in [0.2, 0.25) is 0 Å². The second-order valence-corrected chi connectivity index (χ2v) is 11.7. The lowest BCUT2D eigenvalue weighted by Gasteiger charge is -2.37. The zero-order valence-electron chi connectivity index (χ0n) is 25.0. The largest absolute Gasteiger partial charge is 0.573 e. The summed E-state index contributed by atoms with van der Waals surface area (Å²) in [7, 11) is 0. The van der Waals surface area contributed by atoms with Gasteiger partial charge in [0, 0.05) is 23.0 Å². The number of amides is 2. The maximum Gasteiger partial charge on any atom is 0.573 e. The maximum atomic E-state index is 13.1. The Hall–Kier alpha value is -4.83. The van der Waals surface area contributed by atoms with Gasteiger partial charge in [-0.15, -0.1) is 18.3 Å². The van der Waals surface area contributed by atoms with Gasteiger partial charge in [0.1, 0.15) is 18.1 Å². The first-order chi connectivity index (χ1) is 21.4. The van der Waals surface area contributed by atoms with Gasteiger partial charge < -0.3 is 15.0 Å². The van der Waals surface area contributed by atoms with E-state index >= 15 is 0 Å². The van der Waals surface area contributed by atoms with E-state index in [0.29, 0.717) is 27.8 Å². The number of aryl methyl sites for hydroxylation is 3. The number of nitrogens with zero attached hydrogens (tertiary/aromatic N) is 6. The van der Waals surface area contributed by atoms with Crippen LogP contribution in [0.1, 0.15) is 41.6 Å². The summed E-state index contributed by atoms with van der Waals surface area (Å²) < 4.78 is 42.6. The molecule has 0 radical (unpaired) electrons. The zero-order chi connectivity index (χ0) is 32.3. The molecule has 1 N–H and O–H groups in total. The molecule has 4 aromatic rings. The number of aromatic nitrogens is 3. The van der Waals surface area contributed by atoms with Crippen LogP contribution in [0.25, 0.3) is 17.1 Å². The number of amidine groups is 1. The Labute approximate surface area is 262 Å². The van der Waals surface area contributed by atoms with Crippen molar-refractivity contribution < 1.29 is 22.7 Å². The molecule has 3 aromatic carbocycles. The molecule has 1 aromatic heterocycles. The molecule has 0 spiro atoms. The molecule has 0 aliphatic carbocycles. The van der Waals surface area contributed by atoms with Gasteiger partial charge in [-0.25, -0.2) is 14.5 Å². The molecule has 1 saturated heterocycles. The molecule has 1 fully saturated rings. The summed E-state index contributed by atoms with van der Waals surface area (Å²) >= 11 is 1.52. The van der Waals surface area contributed by atoms with Gasteiger partial charge in [0.05, 0.1) is 11.8 Å². The fraction of sp³-hybridized carbons (Fsp3) is 0.281. The fourth-order valence-electron chi connectivity index (χ4n) is 5.24. The highest BCUT2D eigenvalue weighted by Crippen LogP contribution is 2.35. The van der Waals surface area contributed by atoms with Gasteiger partial charge in [-0.1, -0.05) is 53.7 Å². The first-order valence-corrected chi connectivity index (χ1v) is 15.1. The van der Waals surface area contributed by atoms with Gasteiger partial charge >= 0.3 is 12.4 Å². The lowest BCUT2D eigenvalue weighted by Crippen LogP contribution is -2.43. The molecule has 9 nitrogen and oxygen atoms in total. The van der Waals surface area contributed by atoms with Crippen molar-refractivity contribution >= 4 is 28.6 Å². The molecule has 1 aliphatic rings. The molecular formula is C32H30F3N7O2S. The standard InChI is InChI=1S/C32H30F3N7O2S/c1-19-15-20(2)28(21(3)16-19)42-22(4)13-14-45-31(42)39-30(43)38-27(17-36)23-5-7-24(8-6-23)29-37-18-41(40-29)25-9-11-26(12-10-25)44-32(33,34)35/h5-12,15-16,18,22,27H,13-14H2,1-4H3,(H,38,43). The van der Waals surface area contributed by atoms with Crippen LogP contribution >= 0.6 is 11.8 Å². The van der Waals surface area contributed by atoms with Crippen molar-refractivity contribution in [2.45, 2.75) is 52.6 Å². The summed E-state index contributed by atoms with van der Waals surface area (Å²) in [6, 6.07) is 17.1. The number of benzene rings is 3. The number of halogens is 3. The molecule has 2 unspecified atom stereocenters. The van der Waals surface area contributed by atoms with E-state index in [4.69, 9.17) is 0 Å². The predicted octanol–water partition coefficient (Wildman–Crippen LogP) is 7.42. The van der Waals surface area contributed by atoms with Crippen molar-refractivity contribution in [1.82, 2.24) is 20.1 Å². The molecule has 13 heteroatoms. The molecule has 45 heavy (non-hydrogen) atoms. The number of nitrogens with one attached hydrogen (secondary N) is 1. The minimum absolute atomic E-state index is 0.150. The van der Waals surface area contributed by atoms with Gasteiger partial charge in [-0.05, 0) is 75.1 Å². The van der Waals surface area contributed by atoms with Gasteiger partial charge in [-0.3, -0.25) is 0 Å². The highest BCUT2D eigenvalue weighted by atomic mass is 32.2. The minimum Gasteiger partial charge on any atom is -0.406 e. The van der Waals surface area contributed by atoms with Crippen LogP contribution in [0.15, 0.2) is 72.0 Å². The normalized spacial score (nSPS) is 16.7. The SMILES string of the molecule is Cc1cc(C)c(N2C(=NC(=O)NC(C#N)c3ccc(-c4ncn(-c5ccc(OC(F)(F)F)cc5)n4)cc3)SCCC2C)c(C)c1. The van der Waals surface area contributed by atoms with Crippen LogP contribution in [0.5, 0.6) is 5.75 Å². The zero-order valence-corrected chi connectivity index (χ0v) is 25.8. The summed E-state index contributed by atoms with van der Waals surface area (Å²) in [5, 5.41) is 17.6. The third kappa shape index (κ3) is 7.46. The van der Waals surface area contributed by atoms with Crippen LogP contribution in [-0.2, 0) is 0 Å². The van der Waals surface area contributed by atoms with E-state index in [1.54, 1.807) is 24.3 Å². The van der Waals surface area contributed by atoms with Gasteiger partial charge in [0.25, 0.3) is 0 Å². The number of hydrogen-bond donors (Lipinski definition) is 1. The third-order valence-electron chi connectivity index (χ3n) is 7.21. The lowest BCUT2D eigenvalue weighted by molar-refractivity contribution is -0.274. The van der Waals surface area contributed by atoms with Gasteiger partial charge in [-0.2, -0.15) is 10.3 Å². The molecule has 5 rings (SSSR count). The average Bonchev–Trinajstić information content (AvgIpc) is 3.47. The van der Waals surface area contributed by atoms with E-state index < -0.39 is 18.4 Å². The smallest absolute Gasteiger partial charge is 0.406 e. The Morgan fingerprint density at radius 3 is 2.40 bits per heavy atom. The Bertz CT molecular complexity index is 1740. The lowest BCUT2D eigenvalue weighted by atomic mass is 10.0. The highest BCUT2D eigenvalue weighted by molar-refractivity contribution is 8.14. The summed E-state index contributed by atoms with van der Waals surface area (Å²) in [5.41, 5.74) is 6.12. The van der Waals surface area contributed by atoms with Crippen LogP contribution in [0.2, 0.25) is 0 Å². The molecule has 2 amide bonds. The van der Waals surface area contributed by atoms with E-state index in [9.17, 15) is 23.2 Å². The topological polar surface area (TPSA) is 108 Å². The number of alkyl halides is 3. The molecule has 2 atom stereocenters. The minimum atomic E-state index is -4.77. The number of anilines is 1. The number of urea groups is 1. The fourth-order valence-corrected chi connectivity index (χ4v) is 6.44. The molecule has 0 saturated carbocycles. The maximum absolute atomic E-state index is 13.1. The van der Waals surface area contributed by atoms with Crippen molar-refractivity contribution in [3.8, 4) is 28.9 Å². The highest BCUT2D eigenvalue weighted by Gasteiger charge is 2.31. The second kappa shape index (κ2) is 13.0. The molecule has 1 aliphatic heterocycles. The number of hydrogen-bond acceptors (Lipinski definition) is 6. The van der Waals surface area contributed by atoms with E-state index in [-0.39, 0.29) is 11.8 Å². The Morgan fingerprint density at radius 2 is 1.78 bits per heavy atom. The Kier molecular flexibility index (Phi) is 9.15. The van der Waals surface area contributed by atoms with Gasteiger partial charge in [0.15, 0.2) is 11.0 Å². The summed E-state index contributed by atoms with van der Waals surface area (Å²) in [4.78, 5) is 23.9. The third-order valence-corrected chi connectivity index (χ3v) is 8.20. The van der Waals surface area contributed by atoms with E-state index in [1.807, 2.05) is 0 Å². The second-order valence-electron chi connectivity index (χ2n) is 10.7. The number of rotatable bonds is 6. The van der Waals surface area contributed by atoms with Crippen LogP contribution in [0.3, 0.4) is 0 Å². The van der Waals surface area contributed by atoms with E-state index in [0.717, 1.165) is 29.0 Å². The number of carbonyl (C=O) groups is 1. The number of nitriles is 1. The molecular weight excluding hydrogens is 603 g/mol. The van der Waals surface area contributed by atoms with Crippen molar-refractivity contribution in [2.75, 3.05) is 10.7 Å². The number of aliphatic imine (C=N–C) groups is 1. The Morgan fingerprint density at radius 1 is 1.11 bits per heavy atom. The van der Waals surface area contributed by atoms with Crippen LogP contribution in [0.4, 0.5) is 23.7 Å². The van der Waals surface area contributed by atoms with Crippen molar-refractivity contribution in [2.24, 2.45) is 4.99 Å².